The van der Waals surface area contributed by atoms with Gasteiger partial charge in [-0.2, -0.15) is 13.2 Å². The number of halogens is 4. The average Bonchev–Trinajstić information content (AvgIpc) is 2.82. The number of aliphatic carboxylic acids is 1. The molecule has 1 heterocycles. The Bertz CT molecular complexity index is 1280. The maximum Gasteiger partial charge on any atom is 0.528 e. The predicted octanol–water partition coefficient (Wildman–Crippen LogP) is 5.77. The second-order valence-corrected chi connectivity index (χ2v) is 8.23. The molecule has 0 unspecified atom stereocenters. The molecule has 1 aliphatic rings. The van der Waals surface area contributed by atoms with Crippen molar-refractivity contribution in [3.63, 3.8) is 0 Å². The summed E-state index contributed by atoms with van der Waals surface area (Å²) in [7, 11) is 0. The second-order valence-electron chi connectivity index (χ2n) is 8.23. The van der Waals surface area contributed by atoms with Gasteiger partial charge < -0.3 is 14.7 Å². The van der Waals surface area contributed by atoms with Crippen molar-refractivity contribution in [3.8, 4) is 11.1 Å². The molecule has 36 heavy (non-hydrogen) atoms. The highest BCUT2D eigenvalue weighted by atomic mass is 19.4. The lowest BCUT2D eigenvalue weighted by atomic mass is 9.88. The number of carboxylic acid groups (broad SMARTS) is 1. The Morgan fingerprint density at radius 3 is 2.39 bits per heavy atom. The summed E-state index contributed by atoms with van der Waals surface area (Å²) in [6.45, 7) is -0.0996. The lowest BCUT2D eigenvalue weighted by molar-refractivity contribution is -0.139. The number of hydrogen-bond acceptors (Lipinski definition) is 5. The average molecular weight is 503 g/mol. The van der Waals surface area contributed by atoms with Crippen molar-refractivity contribution >= 4 is 12.1 Å². The van der Waals surface area contributed by atoms with Crippen molar-refractivity contribution in [2.75, 3.05) is 6.54 Å². The van der Waals surface area contributed by atoms with Crippen LogP contribution in [0.3, 0.4) is 0 Å². The lowest BCUT2D eigenvalue weighted by Gasteiger charge is -2.29. The summed E-state index contributed by atoms with van der Waals surface area (Å²) in [5.74, 6) is -1.79. The molecule has 3 aromatic rings. The van der Waals surface area contributed by atoms with E-state index in [1.54, 1.807) is 24.3 Å². The SMILES string of the molecule is O=C(O)Cc1ccc(C(F)(F)F)c(-c2ccc(F)c3c2CN(OC(=O)OCc2ccccc2)CC3)c1. The van der Waals surface area contributed by atoms with Crippen molar-refractivity contribution in [1.82, 2.24) is 5.06 Å². The number of nitrogens with zero attached hydrogens (tertiary/aromatic N) is 1. The number of carbonyl (C=O) groups is 2. The van der Waals surface area contributed by atoms with Crippen LogP contribution in [0.15, 0.2) is 60.7 Å². The van der Waals surface area contributed by atoms with Crippen molar-refractivity contribution in [2.24, 2.45) is 0 Å². The van der Waals surface area contributed by atoms with Crippen LogP contribution in [0.25, 0.3) is 11.1 Å². The highest BCUT2D eigenvalue weighted by molar-refractivity contribution is 5.76. The number of fused-ring (bicyclic) bond motifs is 1. The number of carbonyl (C=O) groups excluding carboxylic acids is 1. The van der Waals surface area contributed by atoms with E-state index >= 15 is 0 Å². The number of carboxylic acids is 1. The quantitative estimate of drug-likeness (QED) is 0.340. The van der Waals surface area contributed by atoms with E-state index < -0.39 is 36.1 Å². The summed E-state index contributed by atoms with van der Waals surface area (Å²) in [4.78, 5) is 28.5. The zero-order valence-electron chi connectivity index (χ0n) is 18.8. The summed E-state index contributed by atoms with van der Waals surface area (Å²) in [6, 6.07) is 14.3. The molecule has 1 aliphatic heterocycles. The van der Waals surface area contributed by atoms with E-state index in [-0.39, 0.29) is 53.9 Å². The third-order valence-corrected chi connectivity index (χ3v) is 5.76. The molecular weight excluding hydrogens is 482 g/mol. The Morgan fingerprint density at radius 1 is 0.944 bits per heavy atom. The molecule has 0 bridgehead atoms. The molecule has 4 rings (SSSR count). The van der Waals surface area contributed by atoms with Crippen LogP contribution in [0, 0.1) is 5.82 Å². The first kappa shape index (κ1) is 25.2. The minimum atomic E-state index is -4.73. The van der Waals surface area contributed by atoms with Crippen LogP contribution in [-0.4, -0.2) is 28.8 Å². The Kier molecular flexibility index (Phi) is 7.25. The molecule has 1 N–H and O–H groups in total. The number of alkyl halides is 3. The molecule has 0 radical (unpaired) electrons. The van der Waals surface area contributed by atoms with E-state index in [0.29, 0.717) is 0 Å². The van der Waals surface area contributed by atoms with Crippen molar-refractivity contribution in [1.29, 1.82) is 0 Å². The van der Waals surface area contributed by atoms with Gasteiger partial charge in [-0.1, -0.05) is 42.5 Å². The third kappa shape index (κ3) is 5.83. The topological polar surface area (TPSA) is 76.1 Å². The van der Waals surface area contributed by atoms with Gasteiger partial charge in [0.1, 0.15) is 12.4 Å². The summed E-state index contributed by atoms with van der Waals surface area (Å²) >= 11 is 0. The van der Waals surface area contributed by atoms with Gasteiger partial charge in [0, 0.05) is 6.54 Å². The fourth-order valence-corrected chi connectivity index (χ4v) is 4.13. The highest BCUT2D eigenvalue weighted by Crippen LogP contribution is 2.41. The van der Waals surface area contributed by atoms with Gasteiger partial charge in [0.05, 0.1) is 18.5 Å². The summed E-state index contributed by atoms with van der Waals surface area (Å²) in [6.07, 6.45) is -6.13. The van der Waals surface area contributed by atoms with Gasteiger partial charge in [0.25, 0.3) is 0 Å². The molecule has 0 aromatic heterocycles. The van der Waals surface area contributed by atoms with E-state index in [0.717, 1.165) is 29.8 Å². The van der Waals surface area contributed by atoms with Gasteiger partial charge in [0.15, 0.2) is 0 Å². The van der Waals surface area contributed by atoms with Crippen LogP contribution in [0.2, 0.25) is 0 Å². The van der Waals surface area contributed by atoms with Crippen molar-refractivity contribution in [3.05, 3.63) is 94.3 Å². The number of rotatable bonds is 6. The number of hydroxylamine groups is 2. The predicted molar refractivity (Wildman–Crippen MR) is 120 cm³/mol. The van der Waals surface area contributed by atoms with E-state index in [1.165, 1.54) is 11.1 Å². The Labute approximate surface area is 203 Å². The Hall–Kier alpha value is -3.92. The van der Waals surface area contributed by atoms with E-state index in [9.17, 15) is 27.2 Å². The minimum Gasteiger partial charge on any atom is -0.481 e. The first-order valence-electron chi connectivity index (χ1n) is 11.0. The van der Waals surface area contributed by atoms with Crippen LogP contribution < -0.4 is 0 Å². The van der Waals surface area contributed by atoms with Gasteiger partial charge in [-0.15, -0.1) is 5.06 Å². The molecule has 3 aromatic carbocycles. The van der Waals surface area contributed by atoms with E-state index in [4.69, 9.17) is 14.7 Å². The van der Waals surface area contributed by atoms with Gasteiger partial charge >= 0.3 is 18.3 Å². The monoisotopic (exact) mass is 503 g/mol. The molecule has 0 atom stereocenters. The lowest BCUT2D eigenvalue weighted by Crippen LogP contribution is -2.34. The van der Waals surface area contributed by atoms with Crippen molar-refractivity contribution in [2.45, 2.75) is 32.2 Å². The maximum absolute atomic E-state index is 14.6. The Morgan fingerprint density at radius 2 is 1.69 bits per heavy atom. The molecule has 0 amide bonds. The molecule has 188 valence electrons. The molecule has 0 fully saturated rings. The largest absolute Gasteiger partial charge is 0.528 e. The van der Waals surface area contributed by atoms with E-state index in [2.05, 4.69) is 0 Å². The van der Waals surface area contributed by atoms with Crippen LogP contribution in [0.4, 0.5) is 22.4 Å². The van der Waals surface area contributed by atoms with Crippen molar-refractivity contribution < 1.29 is 41.8 Å². The summed E-state index contributed by atoms with van der Waals surface area (Å²) < 4.78 is 61.2. The molecule has 10 heteroatoms. The second kappa shape index (κ2) is 10.4. The molecular formula is C26H21F4NO5. The first-order valence-corrected chi connectivity index (χ1v) is 11.0. The third-order valence-electron chi connectivity index (χ3n) is 5.76. The van der Waals surface area contributed by atoms with Crippen LogP contribution in [0.5, 0.6) is 0 Å². The van der Waals surface area contributed by atoms with E-state index in [1.807, 2.05) is 6.07 Å². The van der Waals surface area contributed by atoms with Crippen LogP contribution in [-0.2, 0) is 46.5 Å². The molecule has 0 saturated heterocycles. The molecule has 0 spiro atoms. The fraction of sp³-hybridized carbons (Fsp3) is 0.231. The molecule has 0 saturated carbocycles. The first-order chi connectivity index (χ1) is 17.1. The van der Waals surface area contributed by atoms with Gasteiger partial charge in [-0.3, -0.25) is 4.79 Å². The smallest absolute Gasteiger partial charge is 0.481 e. The fourth-order valence-electron chi connectivity index (χ4n) is 4.13. The number of hydrogen-bond donors (Lipinski definition) is 1. The van der Waals surface area contributed by atoms with Crippen LogP contribution in [0.1, 0.15) is 27.8 Å². The molecule has 6 nitrogen and oxygen atoms in total. The summed E-state index contributed by atoms with van der Waals surface area (Å²) in [5, 5.41) is 10.3. The summed E-state index contributed by atoms with van der Waals surface area (Å²) in [5.41, 5.74) is 0.159. The maximum atomic E-state index is 14.6. The highest BCUT2D eigenvalue weighted by Gasteiger charge is 2.35. The molecule has 0 aliphatic carbocycles. The van der Waals surface area contributed by atoms with Crippen LogP contribution >= 0.6 is 0 Å². The minimum absolute atomic E-state index is 0.0324. The Balaban J connectivity index is 1.62. The number of ether oxygens (including phenoxy) is 1. The van der Waals surface area contributed by atoms with Gasteiger partial charge in [-0.25, -0.2) is 9.18 Å². The zero-order valence-corrected chi connectivity index (χ0v) is 18.8. The number of benzene rings is 3. The van der Waals surface area contributed by atoms with Gasteiger partial charge in [-0.05, 0) is 58.0 Å². The normalized spacial score (nSPS) is 13.7. The van der Waals surface area contributed by atoms with Gasteiger partial charge in [0.2, 0.25) is 0 Å². The zero-order chi connectivity index (χ0) is 25.9. The standard InChI is InChI=1S/C26H21F4NO5/c27-23-9-7-18(20-12-17(13-24(32)33)6-8-22(20)26(28,29)30)21-14-31(11-10-19(21)23)36-25(34)35-15-16-4-2-1-3-5-16/h1-9,12H,10-11,13-15H2,(H,32,33).